The van der Waals surface area contributed by atoms with Gasteiger partial charge in [-0.05, 0) is 30.4 Å². The zero-order chi connectivity index (χ0) is 21.0. The Morgan fingerprint density at radius 3 is 2.52 bits per heavy atom. The van der Waals surface area contributed by atoms with E-state index in [1.165, 1.54) is 34.4 Å². The van der Waals surface area contributed by atoms with Gasteiger partial charge in [0, 0.05) is 18.5 Å². The first-order valence-corrected chi connectivity index (χ1v) is 10.1. The number of amides is 1. The molecule has 0 radical (unpaired) electrons. The number of nitrogens with zero attached hydrogens (tertiary/aromatic N) is 1. The Morgan fingerprint density at radius 1 is 1.10 bits per heavy atom. The molecule has 0 saturated carbocycles. The fourth-order valence-corrected chi connectivity index (χ4v) is 4.09. The molecule has 0 saturated heterocycles. The molecule has 1 aliphatic heterocycles. The zero-order valence-corrected chi connectivity index (χ0v) is 16.3. The van der Waals surface area contributed by atoms with E-state index in [4.69, 9.17) is 5.11 Å². The number of carboxylic acids is 1. The number of aliphatic carboxylic acids is 1. The summed E-state index contributed by atoms with van der Waals surface area (Å²) >= 11 is 1.18. The number of aliphatic hydroxyl groups excluding tert-OH is 1. The molecule has 1 aromatic heterocycles. The maximum Gasteiger partial charge on any atom is 0.303 e. The van der Waals surface area contributed by atoms with Gasteiger partial charge in [-0.15, -0.1) is 11.3 Å². The number of carboxylic acid groups (broad SMARTS) is 1. The van der Waals surface area contributed by atoms with Gasteiger partial charge < -0.3 is 15.1 Å². The minimum atomic E-state index is -1.03. The molecule has 1 aromatic carbocycles. The van der Waals surface area contributed by atoms with Crippen LogP contribution >= 0.6 is 11.3 Å². The highest BCUT2D eigenvalue weighted by Gasteiger charge is 2.44. The van der Waals surface area contributed by atoms with Gasteiger partial charge in [-0.25, -0.2) is 4.39 Å². The van der Waals surface area contributed by atoms with Crippen LogP contribution in [-0.4, -0.2) is 39.3 Å². The minimum Gasteiger partial charge on any atom is -0.503 e. The maximum absolute atomic E-state index is 14.6. The van der Waals surface area contributed by atoms with Gasteiger partial charge in [-0.1, -0.05) is 30.7 Å². The lowest BCUT2D eigenvalue weighted by atomic mass is 9.95. The van der Waals surface area contributed by atoms with Gasteiger partial charge in [0.1, 0.15) is 5.82 Å². The SMILES string of the molecule is O=C(O)CCCCCN1C(=O)C(O)=C(C(=O)c2cccs2)[C@@H]1c1ccccc1F. The predicted molar refractivity (Wildman–Crippen MR) is 105 cm³/mol. The number of hydrogen-bond acceptors (Lipinski definition) is 5. The summed E-state index contributed by atoms with van der Waals surface area (Å²) in [4.78, 5) is 38.0. The van der Waals surface area contributed by atoms with E-state index in [0.717, 1.165) is 0 Å². The highest BCUT2D eigenvalue weighted by molar-refractivity contribution is 7.12. The standard InChI is InChI=1S/C21H20FNO5S/c22-14-8-4-3-7-13(14)18-17(19(26)15-9-6-12-29-15)20(27)21(28)23(18)11-5-1-2-10-16(24)25/h3-4,6-9,12,18,27H,1-2,5,10-11H2,(H,24,25)/t18-/m0/s1. The first kappa shape index (κ1) is 20.7. The third kappa shape index (κ3) is 4.37. The van der Waals surface area contributed by atoms with Crippen LogP contribution < -0.4 is 0 Å². The topological polar surface area (TPSA) is 94.9 Å². The molecule has 29 heavy (non-hydrogen) atoms. The van der Waals surface area contributed by atoms with E-state index in [1.54, 1.807) is 23.6 Å². The van der Waals surface area contributed by atoms with Crippen molar-refractivity contribution >= 4 is 29.0 Å². The van der Waals surface area contributed by atoms with Crippen molar-refractivity contribution in [3.8, 4) is 0 Å². The van der Waals surface area contributed by atoms with Gasteiger partial charge in [0.05, 0.1) is 16.5 Å². The molecule has 2 aromatic rings. The zero-order valence-electron chi connectivity index (χ0n) is 15.5. The molecule has 2 heterocycles. The van der Waals surface area contributed by atoms with Crippen molar-refractivity contribution in [2.24, 2.45) is 0 Å². The number of hydrogen-bond donors (Lipinski definition) is 2. The van der Waals surface area contributed by atoms with Gasteiger partial charge in [0.25, 0.3) is 5.91 Å². The summed E-state index contributed by atoms with van der Waals surface area (Å²) in [6.07, 6.45) is 1.49. The fraction of sp³-hybridized carbons (Fsp3) is 0.286. The normalized spacial score (nSPS) is 16.5. The van der Waals surface area contributed by atoms with Crippen LogP contribution in [0.4, 0.5) is 4.39 Å². The Kier molecular flexibility index (Phi) is 6.43. The average Bonchev–Trinajstić information content (AvgIpc) is 3.30. The number of Topliss-reactive ketones (excluding diaryl/α,β-unsaturated/α-hetero) is 1. The van der Waals surface area contributed by atoms with Crippen LogP contribution in [0.1, 0.15) is 47.0 Å². The predicted octanol–water partition coefficient (Wildman–Crippen LogP) is 4.11. The molecule has 2 N–H and O–H groups in total. The summed E-state index contributed by atoms with van der Waals surface area (Å²) in [5.74, 6) is -3.37. The van der Waals surface area contributed by atoms with E-state index in [-0.39, 0.29) is 24.1 Å². The molecule has 1 atom stereocenters. The molecule has 3 rings (SSSR count). The average molecular weight is 417 g/mol. The Hall–Kier alpha value is -3.00. The van der Waals surface area contributed by atoms with Crippen LogP contribution in [0.2, 0.25) is 0 Å². The van der Waals surface area contributed by atoms with Crippen LogP contribution in [0.5, 0.6) is 0 Å². The second-order valence-corrected chi connectivity index (χ2v) is 7.64. The molecule has 1 aliphatic rings. The number of carbonyl (C=O) groups is 3. The molecule has 0 bridgehead atoms. The van der Waals surface area contributed by atoms with Crippen LogP contribution in [0, 0.1) is 5.82 Å². The van der Waals surface area contributed by atoms with Crippen LogP contribution in [0.15, 0.2) is 53.1 Å². The van der Waals surface area contributed by atoms with E-state index in [2.05, 4.69) is 0 Å². The van der Waals surface area contributed by atoms with Gasteiger partial charge in [0.2, 0.25) is 5.78 Å². The lowest BCUT2D eigenvalue weighted by Crippen LogP contribution is -2.32. The summed E-state index contributed by atoms with van der Waals surface area (Å²) in [5.41, 5.74) is 0.00317. The molecule has 0 unspecified atom stereocenters. The Labute approximate surface area is 170 Å². The van der Waals surface area contributed by atoms with Crippen LogP contribution in [0.3, 0.4) is 0 Å². The number of benzene rings is 1. The number of rotatable bonds is 9. The van der Waals surface area contributed by atoms with Gasteiger partial charge >= 0.3 is 5.97 Å². The maximum atomic E-state index is 14.6. The largest absolute Gasteiger partial charge is 0.503 e. The lowest BCUT2D eigenvalue weighted by molar-refractivity contribution is -0.137. The number of ketones is 1. The summed E-state index contributed by atoms with van der Waals surface area (Å²) in [6.45, 7) is 0.169. The summed E-state index contributed by atoms with van der Waals surface area (Å²) in [7, 11) is 0. The minimum absolute atomic E-state index is 0.0241. The van der Waals surface area contributed by atoms with E-state index >= 15 is 0 Å². The number of carbonyl (C=O) groups excluding carboxylic acids is 2. The molecule has 0 spiro atoms. The van der Waals surface area contributed by atoms with Gasteiger partial charge in [0.15, 0.2) is 5.76 Å². The van der Waals surface area contributed by atoms with E-state index in [9.17, 15) is 23.9 Å². The van der Waals surface area contributed by atoms with Crippen LogP contribution in [0.25, 0.3) is 0 Å². The van der Waals surface area contributed by atoms with Gasteiger partial charge in [-0.3, -0.25) is 14.4 Å². The molecule has 0 aliphatic carbocycles. The Balaban J connectivity index is 1.90. The highest BCUT2D eigenvalue weighted by Crippen LogP contribution is 2.40. The summed E-state index contributed by atoms with van der Waals surface area (Å²) < 4.78 is 14.6. The van der Waals surface area contributed by atoms with Crippen molar-refractivity contribution in [3.63, 3.8) is 0 Å². The summed E-state index contributed by atoms with van der Waals surface area (Å²) in [6, 6.07) is 8.10. The monoisotopic (exact) mass is 417 g/mol. The number of halogens is 1. The number of thiophene rings is 1. The first-order valence-electron chi connectivity index (χ1n) is 9.20. The Morgan fingerprint density at radius 2 is 1.86 bits per heavy atom. The van der Waals surface area contributed by atoms with Crippen molar-refractivity contribution in [2.75, 3.05) is 6.54 Å². The second kappa shape index (κ2) is 9.00. The van der Waals surface area contributed by atoms with Crippen molar-refractivity contribution in [2.45, 2.75) is 31.7 Å². The molecule has 8 heteroatoms. The lowest BCUT2D eigenvalue weighted by Gasteiger charge is -2.27. The molecule has 6 nitrogen and oxygen atoms in total. The Bertz CT molecular complexity index is 954. The van der Waals surface area contributed by atoms with Gasteiger partial charge in [-0.2, -0.15) is 0 Å². The van der Waals surface area contributed by atoms with Crippen molar-refractivity contribution in [1.29, 1.82) is 0 Å². The van der Waals surface area contributed by atoms with E-state index in [0.29, 0.717) is 24.1 Å². The molecular formula is C21H20FNO5S. The van der Waals surface area contributed by atoms with Crippen molar-refractivity contribution in [3.05, 3.63) is 69.4 Å². The van der Waals surface area contributed by atoms with Crippen molar-refractivity contribution in [1.82, 2.24) is 4.90 Å². The van der Waals surface area contributed by atoms with Crippen molar-refractivity contribution < 1.29 is 29.0 Å². The fourth-order valence-electron chi connectivity index (χ4n) is 3.41. The first-order chi connectivity index (χ1) is 13.9. The number of unbranched alkanes of at least 4 members (excludes halogenated alkanes) is 2. The van der Waals surface area contributed by atoms with E-state index in [1.807, 2.05) is 0 Å². The second-order valence-electron chi connectivity index (χ2n) is 6.70. The molecule has 1 amide bonds. The highest BCUT2D eigenvalue weighted by atomic mass is 32.1. The molecule has 152 valence electrons. The quantitative estimate of drug-likeness (QED) is 0.473. The third-order valence-electron chi connectivity index (χ3n) is 4.78. The molecule has 0 fully saturated rings. The molecular weight excluding hydrogens is 397 g/mol. The summed E-state index contributed by atoms with van der Waals surface area (Å²) in [5, 5.41) is 20.9. The number of aliphatic hydroxyl groups is 1. The third-order valence-corrected chi connectivity index (χ3v) is 5.65. The van der Waals surface area contributed by atoms with E-state index < -0.39 is 35.3 Å². The van der Waals surface area contributed by atoms with Crippen LogP contribution in [-0.2, 0) is 9.59 Å². The smallest absolute Gasteiger partial charge is 0.303 e.